The molecule has 0 bridgehead atoms. The summed E-state index contributed by atoms with van der Waals surface area (Å²) >= 11 is 3.40. The van der Waals surface area contributed by atoms with E-state index in [2.05, 4.69) is 15.9 Å². The van der Waals surface area contributed by atoms with Gasteiger partial charge in [-0.3, -0.25) is 10.1 Å². The number of nitro groups is 1. The lowest BCUT2D eigenvalue weighted by molar-refractivity contribution is -0.385. The van der Waals surface area contributed by atoms with Gasteiger partial charge >= 0.3 is 0 Å². The average molecular weight is 303 g/mol. The molecule has 1 saturated heterocycles. The first-order chi connectivity index (χ1) is 8.13. The molecule has 1 aromatic carbocycles. The molecule has 0 aliphatic carbocycles. The zero-order valence-corrected chi connectivity index (χ0v) is 10.7. The van der Waals surface area contributed by atoms with Gasteiger partial charge in [0, 0.05) is 24.0 Å². The molecule has 1 aromatic rings. The van der Waals surface area contributed by atoms with Crippen LogP contribution in [0.2, 0.25) is 0 Å². The summed E-state index contributed by atoms with van der Waals surface area (Å²) in [6, 6.07) is 4.10. The smallest absolute Gasteiger partial charge is 0.272 e. The highest BCUT2D eigenvalue weighted by Gasteiger charge is 2.26. The van der Waals surface area contributed by atoms with Crippen LogP contribution in [0.5, 0.6) is 0 Å². The summed E-state index contributed by atoms with van der Waals surface area (Å²) in [7, 11) is 0. The maximum Gasteiger partial charge on any atom is 0.272 e. The lowest BCUT2D eigenvalue weighted by Crippen LogP contribution is -2.31. The van der Waals surface area contributed by atoms with Crippen molar-refractivity contribution in [3.63, 3.8) is 0 Å². The molecule has 1 atom stereocenters. The van der Waals surface area contributed by atoms with Crippen molar-refractivity contribution in [1.82, 2.24) is 0 Å². The summed E-state index contributed by atoms with van der Waals surface area (Å²) in [5, 5.41) is 11.3. The summed E-state index contributed by atoms with van der Waals surface area (Å²) in [5.41, 5.74) is 0.249. The Morgan fingerprint density at radius 1 is 1.59 bits per heavy atom. The Kier molecular flexibility index (Phi) is 3.61. The van der Waals surface area contributed by atoms with Crippen LogP contribution in [-0.2, 0) is 0 Å². The minimum absolute atomic E-state index is 0.208. The number of hydrogen-bond acceptors (Lipinski definition) is 3. The van der Waals surface area contributed by atoms with Crippen LogP contribution in [0.1, 0.15) is 12.8 Å². The van der Waals surface area contributed by atoms with E-state index in [1.165, 1.54) is 12.1 Å². The fourth-order valence-corrected chi connectivity index (χ4v) is 2.83. The molecule has 92 valence electrons. The van der Waals surface area contributed by atoms with E-state index in [-0.39, 0.29) is 11.7 Å². The highest BCUT2D eigenvalue weighted by atomic mass is 79.9. The molecule has 0 N–H and O–H groups in total. The van der Waals surface area contributed by atoms with Crippen LogP contribution in [0, 0.1) is 15.9 Å². The number of non-ortho nitro benzene ring substituents is 1. The van der Waals surface area contributed by atoms with Gasteiger partial charge in [0.1, 0.15) is 0 Å². The van der Waals surface area contributed by atoms with Crippen molar-refractivity contribution in [3.05, 3.63) is 34.1 Å². The monoisotopic (exact) mass is 302 g/mol. The lowest BCUT2D eigenvalue weighted by Gasteiger charge is -2.25. The second-order valence-electron chi connectivity index (χ2n) is 4.04. The fraction of sp³-hybridized carbons (Fsp3) is 0.455. The third-order valence-corrected chi connectivity index (χ3v) is 3.75. The van der Waals surface area contributed by atoms with Crippen LogP contribution in [0.25, 0.3) is 0 Å². The largest absolute Gasteiger partial charge is 0.365 e. The topological polar surface area (TPSA) is 46.4 Å². The summed E-state index contributed by atoms with van der Waals surface area (Å²) in [5.74, 6) is -0.521. The minimum Gasteiger partial charge on any atom is -0.365 e. The van der Waals surface area contributed by atoms with Gasteiger partial charge in [-0.15, -0.1) is 0 Å². The van der Waals surface area contributed by atoms with Crippen LogP contribution >= 0.6 is 15.9 Å². The van der Waals surface area contributed by atoms with Crippen LogP contribution < -0.4 is 4.90 Å². The SMILES string of the molecule is O=[N+]([O-])c1ccc(N2CCC[C@H]2CBr)c(F)c1. The maximum atomic E-state index is 13.8. The average Bonchev–Trinajstić information content (AvgIpc) is 2.76. The first-order valence-corrected chi connectivity index (χ1v) is 6.52. The van der Waals surface area contributed by atoms with E-state index in [0.717, 1.165) is 30.8 Å². The van der Waals surface area contributed by atoms with Crippen LogP contribution in [0.4, 0.5) is 15.8 Å². The summed E-state index contributed by atoms with van der Waals surface area (Å²) in [6.45, 7) is 0.797. The maximum absolute atomic E-state index is 13.8. The standard InChI is InChI=1S/C11H12BrFN2O2/c12-7-9-2-1-5-14(9)11-4-3-8(15(16)17)6-10(11)13/h3-4,6,9H,1-2,5,7H2/t9-/m0/s1. The van der Waals surface area contributed by atoms with E-state index in [4.69, 9.17) is 0 Å². The molecule has 0 aromatic heterocycles. The Balaban J connectivity index is 2.30. The summed E-state index contributed by atoms with van der Waals surface area (Å²) < 4.78 is 13.8. The first-order valence-electron chi connectivity index (χ1n) is 5.40. The third kappa shape index (κ3) is 2.41. The van der Waals surface area contributed by atoms with Gasteiger partial charge in [0.2, 0.25) is 0 Å². The molecule has 1 aliphatic heterocycles. The molecular weight excluding hydrogens is 291 g/mol. The van der Waals surface area contributed by atoms with E-state index in [9.17, 15) is 14.5 Å². The predicted molar refractivity (Wildman–Crippen MR) is 67.2 cm³/mol. The summed E-state index contributed by atoms with van der Waals surface area (Å²) in [4.78, 5) is 11.9. The Morgan fingerprint density at radius 3 is 2.94 bits per heavy atom. The second-order valence-corrected chi connectivity index (χ2v) is 4.68. The van der Waals surface area contributed by atoms with Gasteiger partial charge in [-0.25, -0.2) is 4.39 Å². The second kappa shape index (κ2) is 5.00. The molecule has 1 aliphatic rings. The molecule has 0 radical (unpaired) electrons. The number of alkyl halides is 1. The Hall–Kier alpha value is -1.17. The van der Waals surface area contributed by atoms with Crippen molar-refractivity contribution in [1.29, 1.82) is 0 Å². The van der Waals surface area contributed by atoms with Gasteiger partial charge in [-0.1, -0.05) is 15.9 Å². The van der Waals surface area contributed by atoms with E-state index in [1.807, 2.05) is 4.90 Å². The van der Waals surface area contributed by atoms with Gasteiger partial charge < -0.3 is 4.90 Å². The van der Waals surface area contributed by atoms with E-state index in [0.29, 0.717) is 5.69 Å². The number of rotatable bonds is 3. The first kappa shape index (κ1) is 12.3. The van der Waals surface area contributed by atoms with E-state index in [1.54, 1.807) is 0 Å². The van der Waals surface area contributed by atoms with Crippen molar-refractivity contribution in [2.24, 2.45) is 0 Å². The van der Waals surface area contributed by atoms with Crippen molar-refractivity contribution >= 4 is 27.3 Å². The van der Waals surface area contributed by atoms with Gasteiger partial charge in [0.15, 0.2) is 5.82 Å². The zero-order chi connectivity index (χ0) is 12.4. The lowest BCUT2D eigenvalue weighted by atomic mass is 10.2. The quantitative estimate of drug-likeness (QED) is 0.490. The fourth-order valence-electron chi connectivity index (χ4n) is 2.16. The van der Waals surface area contributed by atoms with E-state index >= 15 is 0 Å². The van der Waals surface area contributed by atoms with Gasteiger partial charge in [0.05, 0.1) is 16.7 Å². The number of nitrogens with zero attached hydrogens (tertiary/aromatic N) is 2. The minimum atomic E-state index is -0.585. The Morgan fingerprint density at radius 2 is 2.35 bits per heavy atom. The van der Waals surface area contributed by atoms with Gasteiger partial charge in [-0.2, -0.15) is 0 Å². The molecule has 2 rings (SSSR count). The predicted octanol–water partition coefficient (Wildman–Crippen LogP) is 3.10. The van der Waals surface area contributed by atoms with Crippen LogP contribution in [0.15, 0.2) is 18.2 Å². The number of benzene rings is 1. The van der Waals surface area contributed by atoms with Gasteiger partial charge in [-0.05, 0) is 18.9 Å². The highest BCUT2D eigenvalue weighted by molar-refractivity contribution is 9.09. The molecule has 1 fully saturated rings. The molecule has 6 heteroatoms. The van der Waals surface area contributed by atoms with Crippen LogP contribution in [-0.4, -0.2) is 22.8 Å². The molecule has 0 amide bonds. The Labute approximate surface area is 107 Å². The molecule has 0 spiro atoms. The van der Waals surface area contributed by atoms with Crippen molar-refractivity contribution in [3.8, 4) is 0 Å². The molecule has 4 nitrogen and oxygen atoms in total. The third-order valence-electron chi connectivity index (χ3n) is 3.01. The van der Waals surface area contributed by atoms with Gasteiger partial charge in [0.25, 0.3) is 5.69 Å². The number of hydrogen-bond donors (Lipinski definition) is 0. The molecule has 1 heterocycles. The molecule has 0 unspecified atom stereocenters. The number of anilines is 1. The van der Waals surface area contributed by atoms with Crippen molar-refractivity contribution in [2.75, 3.05) is 16.8 Å². The summed E-state index contributed by atoms with van der Waals surface area (Å²) in [6.07, 6.45) is 2.04. The highest BCUT2D eigenvalue weighted by Crippen LogP contribution is 2.30. The number of nitro benzene ring substituents is 1. The normalized spacial score (nSPS) is 19.6. The van der Waals surface area contributed by atoms with Crippen molar-refractivity contribution in [2.45, 2.75) is 18.9 Å². The molecule has 17 heavy (non-hydrogen) atoms. The number of halogens is 2. The molecular formula is C11H12BrFN2O2. The van der Waals surface area contributed by atoms with Crippen molar-refractivity contribution < 1.29 is 9.31 Å². The molecule has 0 saturated carbocycles. The van der Waals surface area contributed by atoms with E-state index < -0.39 is 10.7 Å². The zero-order valence-electron chi connectivity index (χ0n) is 9.10. The Bertz CT molecular complexity index is 441. The van der Waals surface area contributed by atoms with Crippen LogP contribution in [0.3, 0.4) is 0 Å².